The third-order valence-corrected chi connectivity index (χ3v) is 3.48. The van der Waals surface area contributed by atoms with E-state index in [4.69, 9.17) is 4.74 Å². The average Bonchev–Trinajstić information content (AvgIpc) is 2.72. The molecule has 92 valence electrons. The summed E-state index contributed by atoms with van der Waals surface area (Å²) < 4.78 is 4.83. The predicted molar refractivity (Wildman–Crippen MR) is 66.7 cm³/mol. The fourth-order valence-corrected chi connectivity index (χ4v) is 2.56. The summed E-state index contributed by atoms with van der Waals surface area (Å²) in [6, 6.07) is 10.4. The number of hydrogen-bond acceptors (Lipinski definition) is 3. The molecule has 0 amide bonds. The Morgan fingerprint density at radius 3 is 2.82 bits per heavy atom. The van der Waals surface area contributed by atoms with Crippen LogP contribution in [0.2, 0.25) is 0 Å². The van der Waals surface area contributed by atoms with E-state index in [1.54, 1.807) is 0 Å². The lowest BCUT2D eigenvalue weighted by atomic mass is 9.91. The Morgan fingerprint density at radius 2 is 2.18 bits per heavy atom. The summed E-state index contributed by atoms with van der Waals surface area (Å²) in [5.74, 6) is 0.342. The van der Waals surface area contributed by atoms with Gasteiger partial charge in [-0.2, -0.15) is 0 Å². The maximum Gasteiger partial charge on any atom is 0.325 e. The van der Waals surface area contributed by atoms with E-state index in [0.29, 0.717) is 5.92 Å². The molecular weight excluding hydrogens is 214 g/mol. The Bertz CT molecular complexity index is 390. The molecule has 0 spiro atoms. The summed E-state index contributed by atoms with van der Waals surface area (Å²) >= 11 is 0. The summed E-state index contributed by atoms with van der Waals surface area (Å²) in [5, 5.41) is 3.28. The average molecular weight is 233 g/mol. The molecule has 1 aliphatic rings. The number of carbonyl (C=O) groups is 1. The number of esters is 1. The van der Waals surface area contributed by atoms with Gasteiger partial charge in [0.15, 0.2) is 0 Å². The number of nitrogens with one attached hydrogen (secondary N) is 1. The van der Waals surface area contributed by atoms with E-state index in [0.717, 1.165) is 19.4 Å². The number of methoxy groups -OCH3 is 1. The van der Waals surface area contributed by atoms with Gasteiger partial charge in [0, 0.05) is 0 Å². The van der Waals surface area contributed by atoms with Crippen LogP contribution in [0.4, 0.5) is 0 Å². The molecule has 1 heterocycles. The Morgan fingerprint density at radius 1 is 1.47 bits per heavy atom. The minimum atomic E-state index is -0.506. The smallest absolute Gasteiger partial charge is 0.325 e. The van der Waals surface area contributed by atoms with Crippen molar-refractivity contribution in [2.75, 3.05) is 13.7 Å². The number of rotatable bonds is 3. The standard InChI is InChI=1S/C14H19NO2/c1-14(13(16)17-2)9-12(10-15-14)8-11-6-4-3-5-7-11/h3-7,12,15H,8-10H2,1-2H3. The summed E-state index contributed by atoms with van der Waals surface area (Å²) in [6.07, 6.45) is 1.86. The third kappa shape index (κ3) is 2.67. The normalized spacial score (nSPS) is 28.0. The van der Waals surface area contributed by atoms with Crippen LogP contribution in [0.3, 0.4) is 0 Å². The minimum Gasteiger partial charge on any atom is -0.468 e. The predicted octanol–water partition coefficient (Wildman–Crippen LogP) is 1.77. The molecule has 0 aliphatic carbocycles. The second-order valence-corrected chi connectivity index (χ2v) is 4.96. The van der Waals surface area contributed by atoms with E-state index < -0.39 is 5.54 Å². The van der Waals surface area contributed by atoms with E-state index in [1.807, 2.05) is 13.0 Å². The maximum atomic E-state index is 11.6. The van der Waals surface area contributed by atoms with Gasteiger partial charge in [-0.05, 0) is 37.8 Å². The summed E-state index contributed by atoms with van der Waals surface area (Å²) in [7, 11) is 1.44. The Kier molecular flexibility index (Phi) is 3.48. The highest BCUT2D eigenvalue weighted by Gasteiger charge is 2.41. The van der Waals surface area contributed by atoms with E-state index in [9.17, 15) is 4.79 Å². The zero-order chi connectivity index (χ0) is 12.3. The molecule has 0 aromatic heterocycles. The number of benzene rings is 1. The second kappa shape index (κ2) is 4.88. The fraction of sp³-hybridized carbons (Fsp3) is 0.500. The first-order valence-electron chi connectivity index (χ1n) is 6.01. The largest absolute Gasteiger partial charge is 0.468 e. The molecule has 3 heteroatoms. The molecule has 1 saturated heterocycles. The molecule has 17 heavy (non-hydrogen) atoms. The van der Waals surface area contributed by atoms with Crippen molar-refractivity contribution in [3.05, 3.63) is 35.9 Å². The summed E-state index contributed by atoms with van der Waals surface area (Å²) in [4.78, 5) is 11.6. The number of carbonyl (C=O) groups excluding carboxylic acids is 1. The van der Waals surface area contributed by atoms with Crippen molar-refractivity contribution >= 4 is 5.97 Å². The van der Waals surface area contributed by atoms with E-state index in [2.05, 4.69) is 29.6 Å². The van der Waals surface area contributed by atoms with E-state index in [1.165, 1.54) is 12.7 Å². The number of hydrogen-bond donors (Lipinski definition) is 1. The van der Waals surface area contributed by atoms with Crippen LogP contribution in [0, 0.1) is 5.92 Å². The molecule has 1 fully saturated rings. The van der Waals surface area contributed by atoms with Gasteiger partial charge < -0.3 is 10.1 Å². The lowest BCUT2D eigenvalue weighted by Gasteiger charge is -2.20. The van der Waals surface area contributed by atoms with Crippen LogP contribution >= 0.6 is 0 Å². The van der Waals surface area contributed by atoms with Crippen molar-refractivity contribution in [1.82, 2.24) is 5.32 Å². The van der Waals surface area contributed by atoms with Gasteiger partial charge in [-0.25, -0.2) is 0 Å². The van der Waals surface area contributed by atoms with Crippen molar-refractivity contribution in [3.63, 3.8) is 0 Å². The quantitative estimate of drug-likeness (QED) is 0.809. The monoisotopic (exact) mass is 233 g/mol. The van der Waals surface area contributed by atoms with Crippen LogP contribution in [0.25, 0.3) is 0 Å². The molecule has 0 bridgehead atoms. The van der Waals surface area contributed by atoms with Crippen LogP contribution in [0.1, 0.15) is 18.9 Å². The van der Waals surface area contributed by atoms with Crippen molar-refractivity contribution in [1.29, 1.82) is 0 Å². The van der Waals surface area contributed by atoms with Crippen LogP contribution in [0.5, 0.6) is 0 Å². The van der Waals surface area contributed by atoms with Gasteiger partial charge in [0.05, 0.1) is 7.11 Å². The second-order valence-electron chi connectivity index (χ2n) is 4.96. The Hall–Kier alpha value is -1.35. The molecule has 2 atom stereocenters. The van der Waals surface area contributed by atoms with Crippen LogP contribution in [-0.4, -0.2) is 25.2 Å². The molecule has 2 rings (SSSR count). The van der Waals surface area contributed by atoms with Crippen LogP contribution in [0.15, 0.2) is 30.3 Å². The van der Waals surface area contributed by atoms with Crippen LogP contribution < -0.4 is 5.32 Å². The first kappa shape index (κ1) is 12.1. The highest BCUT2D eigenvalue weighted by atomic mass is 16.5. The molecule has 0 radical (unpaired) electrons. The van der Waals surface area contributed by atoms with Gasteiger partial charge in [0.25, 0.3) is 0 Å². The van der Waals surface area contributed by atoms with Crippen molar-refractivity contribution in [2.24, 2.45) is 5.92 Å². The van der Waals surface area contributed by atoms with Crippen molar-refractivity contribution in [3.8, 4) is 0 Å². The molecule has 1 aromatic rings. The highest BCUT2D eigenvalue weighted by molar-refractivity contribution is 5.80. The minimum absolute atomic E-state index is 0.159. The molecule has 0 saturated carbocycles. The molecule has 1 aliphatic heterocycles. The third-order valence-electron chi connectivity index (χ3n) is 3.48. The molecular formula is C14H19NO2. The number of ether oxygens (including phenoxy) is 1. The SMILES string of the molecule is COC(=O)C1(C)CC(Cc2ccccc2)CN1. The van der Waals surface area contributed by atoms with Gasteiger partial charge in [0.2, 0.25) is 0 Å². The molecule has 1 aromatic carbocycles. The van der Waals surface area contributed by atoms with Crippen molar-refractivity contribution in [2.45, 2.75) is 25.3 Å². The zero-order valence-electron chi connectivity index (χ0n) is 10.4. The lowest BCUT2D eigenvalue weighted by molar-refractivity contribution is -0.147. The first-order chi connectivity index (χ1) is 8.14. The lowest BCUT2D eigenvalue weighted by Crippen LogP contribution is -2.45. The van der Waals surface area contributed by atoms with Crippen molar-refractivity contribution < 1.29 is 9.53 Å². The topological polar surface area (TPSA) is 38.3 Å². The Balaban J connectivity index is 1.97. The van der Waals surface area contributed by atoms with Gasteiger partial charge >= 0.3 is 5.97 Å². The summed E-state index contributed by atoms with van der Waals surface area (Å²) in [5.41, 5.74) is 0.821. The van der Waals surface area contributed by atoms with Gasteiger partial charge in [-0.3, -0.25) is 4.79 Å². The fourth-order valence-electron chi connectivity index (χ4n) is 2.56. The summed E-state index contributed by atoms with van der Waals surface area (Å²) in [6.45, 7) is 2.80. The van der Waals surface area contributed by atoms with Gasteiger partial charge in [-0.1, -0.05) is 30.3 Å². The molecule has 2 unspecified atom stereocenters. The zero-order valence-corrected chi connectivity index (χ0v) is 10.4. The van der Waals surface area contributed by atoms with Gasteiger partial charge in [-0.15, -0.1) is 0 Å². The van der Waals surface area contributed by atoms with Gasteiger partial charge in [0.1, 0.15) is 5.54 Å². The molecule has 1 N–H and O–H groups in total. The first-order valence-corrected chi connectivity index (χ1v) is 6.01. The maximum absolute atomic E-state index is 11.6. The van der Waals surface area contributed by atoms with E-state index >= 15 is 0 Å². The van der Waals surface area contributed by atoms with E-state index in [-0.39, 0.29) is 5.97 Å². The Labute approximate surface area is 102 Å². The molecule has 3 nitrogen and oxygen atoms in total. The van der Waals surface area contributed by atoms with Crippen LogP contribution in [-0.2, 0) is 16.0 Å². The highest BCUT2D eigenvalue weighted by Crippen LogP contribution is 2.27.